The largest absolute Gasteiger partial charge is 0.443 e. The number of carbonyl (C=O) groups is 2. The second kappa shape index (κ2) is 10.9. The summed E-state index contributed by atoms with van der Waals surface area (Å²) in [6.45, 7) is 16.1. The Morgan fingerprint density at radius 1 is 1.09 bits per heavy atom. The summed E-state index contributed by atoms with van der Waals surface area (Å²) in [5.74, 6) is 0.727. The number of hydrogen-bond donors (Lipinski definition) is 1. The van der Waals surface area contributed by atoms with Crippen molar-refractivity contribution in [1.82, 2.24) is 10.2 Å². The van der Waals surface area contributed by atoms with Gasteiger partial charge in [0.1, 0.15) is 5.60 Å². The molecule has 0 spiro atoms. The maximum absolute atomic E-state index is 12.8. The molecule has 1 aromatic rings. The highest BCUT2D eigenvalue weighted by Gasteiger charge is 2.34. The van der Waals surface area contributed by atoms with Gasteiger partial charge in [-0.3, -0.25) is 4.79 Å². The van der Waals surface area contributed by atoms with Crippen molar-refractivity contribution < 1.29 is 14.3 Å². The van der Waals surface area contributed by atoms with E-state index in [0.29, 0.717) is 35.5 Å². The van der Waals surface area contributed by atoms with Gasteiger partial charge in [0.25, 0.3) is 5.91 Å². The molecule has 1 aromatic carbocycles. The van der Waals surface area contributed by atoms with Gasteiger partial charge in [0.15, 0.2) is 0 Å². The molecule has 2 rings (SSSR count). The fourth-order valence-electron chi connectivity index (χ4n) is 4.83. The van der Waals surface area contributed by atoms with Crippen molar-refractivity contribution in [3.05, 3.63) is 34.9 Å². The van der Waals surface area contributed by atoms with Gasteiger partial charge in [-0.05, 0) is 81.0 Å². The molecule has 32 heavy (non-hydrogen) atoms. The van der Waals surface area contributed by atoms with Crippen LogP contribution in [0.3, 0.4) is 0 Å². The van der Waals surface area contributed by atoms with E-state index in [0.717, 1.165) is 25.7 Å². The Morgan fingerprint density at radius 3 is 2.16 bits per heavy atom. The first-order chi connectivity index (χ1) is 14.8. The van der Waals surface area contributed by atoms with Gasteiger partial charge in [0, 0.05) is 29.7 Å². The summed E-state index contributed by atoms with van der Waals surface area (Å²) in [7, 11) is 0. The Balaban J connectivity index is 1.95. The molecule has 1 N–H and O–H groups in total. The molecule has 180 valence electrons. The van der Waals surface area contributed by atoms with Crippen molar-refractivity contribution in [2.75, 3.05) is 13.1 Å². The van der Waals surface area contributed by atoms with Crippen LogP contribution in [0, 0.1) is 17.3 Å². The quantitative estimate of drug-likeness (QED) is 0.497. The Hall–Kier alpha value is -1.75. The molecule has 1 heterocycles. The van der Waals surface area contributed by atoms with E-state index in [1.54, 1.807) is 24.3 Å². The van der Waals surface area contributed by atoms with E-state index < -0.39 is 5.60 Å². The van der Waals surface area contributed by atoms with Crippen LogP contribution in [0.15, 0.2) is 24.3 Å². The van der Waals surface area contributed by atoms with Crippen LogP contribution in [0.25, 0.3) is 0 Å². The van der Waals surface area contributed by atoms with Gasteiger partial charge >= 0.3 is 6.09 Å². The smallest absolute Gasteiger partial charge is 0.410 e. The van der Waals surface area contributed by atoms with E-state index in [1.807, 2.05) is 18.7 Å². The molecule has 1 unspecified atom stereocenters. The summed E-state index contributed by atoms with van der Waals surface area (Å²) in [6, 6.07) is 7.05. The third-order valence-electron chi connectivity index (χ3n) is 5.83. The van der Waals surface area contributed by atoms with Crippen molar-refractivity contribution >= 4 is 23.6 Å². The Labute approximate surface area is 199 Å². The summed E-state index contributed by atoms with van der Waals surface area (Å²) < 4.78 is 5.85. The summed E-state index contributed by atoms with van der Waals surface area (Å²) in [5, 5.41) is 3.86. The summed E-state index contributed by atoms with van der Waals surface area (Å²) in [5.41, 5.74) is 0.201. The van der Waals surface area contributed by atoms with Crippen LogP contribution in [0.5, 0.6) is 0 Å². The zero-order valence-corrected chi connectivity index (χ0v) is 21.6. The van der Waals surface area contributed by atoms with Gasteiger partial charge in [0.05, 0.1) is 0 Å². The van der Waals surface area contributed by atoms with Crippen molar-refractivity contribution in [1.29, 1.82) is 0 Å². The van der Waals surface area contributed by atoms with E-state index in [1.165, 1.54) is 0 Å². The standard InChI is InChI=1S/C26H41ClN2O3/c1-18(2)16-22(28-23(30)20-8-10-21(27)11-9-20)19-12-14-29(15-13-19)24(31)32-26(6,7)17-25(3,4)5/h8-11,18-19,22H,12-17H2,1-7H3,(H,28,30). The second-order valence-corrected chi connectivity index (χ2v) is 11.8. The van der Waals surface area contributed by atoms with Crippen LogP contribution in [-0.4, -0.2) is 41.6 Å². The number of benzene rings is 1. The highest BCUT2D eigenvalue weighted by molar-refractivity contribution is 6.30. The molecule has 1 atom stereocenters. The van der Waals surface area contributed by atoms with Crippen LogP contribution in [0.4, 0.5) is 4.79 Å². The first-order valence-corrected chi connectivity index (χ1v) is 12.2. The number of piperidine rings is 1. The number of nitrogens with one attached hydrogen (secondary N) is 1. The number of ether oxygens (including phenoxy) is 1. The van der Waals surface area contributed by atoms with Crippen molar-refractivity contribution in [3.63, 3.8) is 0 Å². The van der Waals surface area contributed by atoms with E-state index in [9.17, 15) is 9.59 Å². The van der Waals surface area contributed by atoms with E-state index in [4.69, 9.17) is 16.3 Å². The number of amides is 2. The maximum atomic E-state index is 12.8. The molecule has 1 aliphatic rings. The van der Waals surface area contributed by atoms with E-state index >= 15 is 0 Å². The molecule has 0 radical (unpaired) electrons. The van der Waals surface area contributed by atoms with Gasteiger partial charge < -0.3 is 15.0 Å². The lowest BCUT2D eigenvalue weighted by Gasteiger charge is -2.39. The molecule has 0 aromatic heterocycles. The van der Waals surface area contributed by atoms with Crippen molar-refractivity contribution in [2.24, 2.45) is 17.3 Å². The van der Waals surface area contributed by atoms with E-state index in [2.05, 4.69) is 39.9 Å². The van der Waals surface area contributed by atoms with Crippen LogP contribution in [0.2, 0.25) is 5.02 Å². The third kappa shape index (κ3) is 8.65. The molecule has 5 nitrogen and oxygen atoms in total. The number of carbonyl (C=O) groups excluding carboxylic acids is 2. The first kappa shape index (κ1) is 26.5. The highest BCUT2D eigenvalue weighted by Crippen LogP contribution is 2.31. The van der Waals surface area contributed by atoms with Crippen LogP contribution >= 0.6 is 11.6 Å². The predicted molar refractivity (Wildman–Crippen MR) is 131 cm³/mol. The summed E-state index contributed by atoms with van der Waals surface area (Å²) in [6.07, 6.45) is 3.19. The SMILES string of the molecule is CC(C)CC(NC(=O)c1ccc(Cl)cc1)C1CCN(C(=O)OC(C)(C)CC(C)(C)C)CC1. The average Bonchev–Trinajstić information content (AvgIpc) is 2.65. The number of hydrogen-bond acceptors (Lipinski definition) is 3. The minimum absolute atomic E-state index is 0.0712. The number of nitrogens with zero attached hydrogens (tertiary/aromatic N) is 1. The van der Waals surface area contributed by atoms with Gasteiger partial charge in [-0.1, -0.05) is 46.2 Å². The van der Waals surface area contributed by atoms with Crippen molar-refractivity contribution in [3.8, 4) is 0 Å². The van der Waals surface area contributed by atoms with Gasteiger partial charge in [-0.2, -0.15) is 0 Å². The maximum Gasteiger partial charge on any atom is 0.410 e. The van der Waals surface area contributed by atoms with Crippen molar-refractivity contribution in [2.45, 2.75) is 85.8 Å². The molecule has 0 bridgehead atoms. The summed E-state index contributed by atoms with van der Waals surface area (Å²) >= 11 is 5.95. The Morgan fingerprint density at radius 2 is 1.66 bits per heavy atom. The third-order valence-corrected chi connectivity index (χ3v) is 6.09. The number of halogens is 1. The fourth-order valence-corrected chi connectivity index (χ4v) is 4.95. The average molecular weight is 465 g/mol. The highest BCUT2D eigenvalue weighted by atomic mass is 35.5. The predicted octanol–water partition coefficient (Wildman–Crippen LogP) is 6.55. The lowest BCUT2D eigenvalue weighted by Crippen LogP contribution is -2.48. The molecule has 6 heteroatoms. The van der Waals surface area contributed by atoms with Gasteiger partial charge in [0.2, 0.25) is 0 Å². The molecule has 0 aliphatic carbocycles. The van der Waals surface area contributed by atoms with Crippen LogP contribution < -0.4 is 5.32 Å². The van der Waals surface area contributed by atoms with Gasteiger partial charge in [-0.15, -0.1) is 0 Å². The Kier molecular flexibility index (Phi) is 9.04. The van der Waals surface area contributed by atoms with Crippen LogP contribution in [0.1, 0.15) is 84.5 Å². The Bertz CT molecular complexity index is 760. The minimum Gasteiger partial charge on any atom is -0.443 e. The molecule has 2 amide bonds. The first-order valence-electron chi connectivity index (χ1n) is 11.8. The van der Waals surface area contributed by atoms with Crippen LogP contribution in [-0.2, 0) is 4.74 Å². The van der Waals surface area contributed by atoms with Gasteiger partial charge in [-0.25, -0.2) is 4.79 Å². The van der Waals surface area contributed by atoms with E-state index in [-0.39, 0.29) is 23.5 Å². The molecule has 1 aliphatic heterocycles. The number of rotatable bonds is 7. The normalized spacial score (nSPS) is 16.7. The second-order valence-electron chi connectivity index (χ2n) is 11.4. The minimum atomic E-state index is -0.501. The molecule has 0 saturated carbocycles. The number of likely N-dealkylation sites (tertiary alicyclic amines) is 1. The zero-order valence-electron chi connectivity index (χ0n) is 20.8. The zero-order chi connectivity index (χ0) is 24.1. The molecular formula is C26H41ClN2O3. The lowest BCUT2D eigenvalue weighted by atomic mass is 9.83. The topological polar surface area (TPSA) is 58.6 Å². The fraction of sp³-hybridized carbons (Fsp3) is 0.692. The lowest BCUT2D eigenvalue weighted by molar-refractivity contribution is -0.0150. The molecular weight excluding hydrogens is 424 g/mol. The molecule has 1 saturated heterocycles. The molecule has 1 fully saturated rings. The summed E-state index contributed by atoms with van der Waals surface area (Å²) in [4.78, 5) is 27.4. The monoisotopic (exact) mass is 464 g/mol.